The van der Waals surface area contributed by atoms with Gasteiger partial charge in [0.1, 0.15) is 5.75 Å². The van der Waals surface area contributed by atoms with Gasteiger partial charge in [0.2, 0.25) is 0 Å². The summed E-state index contributed by atoms with van der Waals surface area (Å²) in [6.07, 6.45) is -1.79. The van der Waals surface area contributed by atoms with Crippen LogP contribution in [0.4, 0.5) is 0 Å². The van der Waals surface area contributed by atoms with Gasteiger partial charge in [-0.25, -0.2) is 4.79 Å². The first kappa shape index (κ1) is 10.0. The Kier molecular flexibility index (Phi) is 2.70. The van der Waals surface area contributed by atoms with Crippen LogP contribution >= 0.6 is 0 Å². The molecule has 0 aliphatic carbocycles. The lowest BCUT2D eigenvalue weighted by molar-refractivity contribution is -0.146. The number of aliphatic hydroxyl groups is 1. The quantitative estimate of drug-likeness (QED) is 0.630. The zero-order valence-electron chi connectivity index (χ0n) is 7.01. The van der Waals surface area contributed by atoms with Crippen molar-refractivity contribution in [3.05, 3.63) is 29.3 Å². The molecule has 0 aromatic heterocycles. The van der Waals surface area contributed by atoms with Gasteiger partial charge in [0, 0.05) is 5.56 Å². The first-order valence-electron chi connectivity index (χ1n) is 3.70. The fourth-order valence-electron chi connectivity index (χ4n) is 1.01. The molecule has 0 bridgehead atoms. The Morgan fingerprint density at radius 2 is 2.14 bits per heavy atom. The van der Waals surface area contributed by atoms with Gasteiger partial charge < -0.3 is 15.3 Å². The number of hydrogen-bond acceptors (Lipinski definition) is 4. The van der Waals surface area contributed by atoms with Crippen LogP contribution in [0.3, 0.4) is 0 Å². The van der Waals surface area contributed by atoms with Crippen LogP contribution in [0.25, 0.3) is 0 Å². The summed E-state index contributed by atoms with van der Waals surface area (Å²) in [6, 6.07) is 5.27. The van der Waals surface area contributed by atoms with Crippen molar-refractivity contribution >= 4 is 5.97 Å². The van der Waals surface area contributed by atoms with Gasteiger partial charge in [0.25, 0.3) is 0 Å². The number of hydrogen-bond donors (Lipinski definition) is 3. The standard InChI is InChI=1S/C9H7NO4/c10-4-5-1-2-6(11)3-7(5)8(12)9(13)14/h1-3,8,11-12H,(H,13,14). The molecule has 0 radical (unpaired) electrons. The maximum atomic E-state index is 10.4. The lowest BCUT2D eigenvalue weighted by Crippen LogP contribution is -2.11. The second-order valence-corrected chi connectivity index (χ2v) is 2.62. The van der Waals surface area contributed by atoms with Gasteiger partial charge in [-0.2, -0.15) is 5.26 Å². The molecule has 72 valence electrons. The molecule has 0 fully saturated rings. The van der Waals surface area contributed by atoms with Crippen molar-refractivity contribution in [1.29, 1.82) is 5.26 Å². The number of aliphatic carboxylic acids is 1. The van der Waals surface area contributed by atoms with E-state index in [1.165, 1.54) is 12.1 Å². The lowest BCUT2D eigenvalue weighted by Gasteiger charge is -2.07. The molecule has 1 aromatic rings. The van der Waals surface area contributed by atoms with Gasteiger partial charge in [-0.15, -0.1) is 0 Å². The van der Waals surface area contributed by atoms with E-state index < -0.39 is 12.1 Å². The van der Waals surface area contributed by atoms with Gasteiger partial charge in [0.05, 0.1) is 11.6 Å². The summed E-state index contributed by atoms with van der Waals surface area (Å²) >= 11 is 0. The molecule has 0 saturated carbocycles. The number of aromatic hydroxyl groups is 1. The third kappa shape index (κ3) is 1.81. The van der Waals surface area contributed by atoms with Crippen LogP contribution in [-0.4, -0.2) is 21.3 Å². The number of carboxylic acid groups (broad SMARTS) is 1. The minimum Gasteiger partial charge on any atom is -0.508 e. The minimum absolute atomic E-state index is 0.0256. The maximum absolute atomic E-state index is 10.4. The number of nitrogens with zero attached hydrogens (tertiary/aromatic N) is 1. The zero-order valence-corrected chi connectivity index (χ0v) is 7.01. The van der Waals surface area contributed by atoms with E-state index in [0.29, 0.717) is 0 Å². The Morgan fingerprint density at radius 3 is 2.64 bits per heavy atom. The third-order valence-electron chi connectivity index (χ3n) is 1.68. The highest BCUT2D eigenvalue weighted by molar-refractivity contribution is 5.75. The van der Waals surface area contributed by atoms with E-state index in [4.69, 9.17) is 15.5 Å². The molecule has 0 heterocycles. The second kappa shape index (κ2) is 3.77. The summed E-state index contributed by atoms with van der Waals surface area (Å²) in [6.45, 7) is 0. The van der Waals surface area contributed by atoms with Crippen LogP contribution in [-0.2, 0) is 4.79 Å². The fourth-order valence-corrected chi connectivity index (χ4v) is 1.01. The Morgan fingerprint density at radius 1 is 1.50 bits per heavy atom. The molecule has 5 heteroatoms. The first-order valence-corrected chi connectivity index (χ1v) is 3.70. The van der Waals surface area contributed by atoms with Crippen molar-refractivity contribution in [1.82, 2.24) is 0 Å². The predicted molar refractivity (Wildman–Crippen MR) is 45.4 cm³/mol. The van der Waals surface area contributed by atoms with Crippen LogP contribution in [0.1, 0.15) is 17.2 Å². The van der Waals surface area contributed by atoms with Crippen LogP contribution in [0, 0.1) is 11.3 Å². The molecule has 0 aliphatic heterocycles. The van der Waals surface area contributed by atoms with Gasteiger partial charge >= 0.3 is 5.97 Å². The minimum atomic E-state index is -1.79. The van der Waals surface area contributed by atoms with Crippen LogP contribution < -0.4 is 0 Å². The average Bonchev–Trinajstić information content (AvgIpc) is 2.16. The molecule has 1 unspecified atom stereocenters. The molecule has 0 spiro atoms. The van der Waals surface area contributed by atoms with E-state index in [1.807, 2.05) is 0 Å². The molecule has 5 nitrogen and oxygen atoms in total. The number of nitriles is 1. The third-order valence-corrected chi connectivity index (χ3v) is 1.68. The Balaban J connectivity index is 3.25. The summed E-state index contributed by atoms with van der Waals surface area (Å²) in [5.74, 6) is -1.66. The van der Waals surface area contributed by atoms with E-state index >= 15 is 0 Å². The topological polar surface area (TPSA) is 102 Å². The summed E-state index contributed by atoms with van der Waals surface area (Å²) < 4.78 is 0. The molecule has 3 N–H and O–H groups in total. The van der Waals surface area contributed by atoms with Crippen molar-refractivity contribution < 1.29 is 20.1 Å². The van der Waals surface area contributed by atoms with Crippen LogP contribution in [0.15, 0.2) is 18.2 Å². The highest BCUT2D eigenvalue weighted by Gasteiger charge is 2.19. The number of phenols is 1. The molecular formula is C9H7NO4. The second-order valence-electron chi connectivity index (χ2n) is 2.62. The molecule has 1 atom stereocenters. The van der Waals surface area contributed by atoms with E-state index in [1.54, 1.807) is 6.07 Å². The van der Waals surface area contributed by atoms with Gasteiger partial charge in [-0.3, -0.25) is 0 Å². The van der Waals surface area contributed by atoms with Crippen molar-refractivity contribution in [2.75, 3.05) is 0 Å². The Hall–Kier alpha value is -2.06. The normalized spacial score (nSPS) is 11.7. The number of rotatable bonds is 2. The summed E-state index contributed by atoms with van der Waals surface area (Å²) in [4.78, 5) is 10.4. The number of carboxylic acids is 1. The Bertz CT molecular complexity index is 408. The first-order chi connectivity index (χ1) is 6.56. The van der Waals surface area contributed by atoms with Crippen molar-refractivity contribution in [2.24, 2.45) is 0 Å². The van der Waals surface area contributed by atoms with Crippen molar-refractivity contribution in [3.8, 4) is 11.8 Å². The monoisotopic (exact) mass is 193 g/mol. The van der Waals surface area contributed by atoms with Crippen molar-refractivity contribution in [2.45, 2.75) is 6.10 Å². The maximum Gasteiger partial charge on any atom is 0.337 e. The van der Waals surface area contributed by atoms with E-state index in [2.05, 4.69) is 0 Å². The molecule has 1 rings (SSSR count). The lowest BCUT2D eigenvalue weighted by atomic mass is 10.0. The number of benzene rings is 1. The average molecular weight is 193 g/mol. The number of phenolic OH excluding ortho intramolecular Hbond substituents is 1. The summed E-state index contributed by atoms with van der Waals surface area (Å²) in [7, 11) is 0. The molecule has 14 heavy (non-hydrogen) atoms. The van der Waals surface area contributed by atoms with Crippen LogP contribution in [0.5, 0.6) is 5.75 Å². The largest absolute Gasteiger partial charge is 0.508 e. The van der Waals surface area contributed by atoms with Gasteiger partial charge in [0.15, 0.2) is 6.10 Å². The zero-order chi connectivity index (χ0) is 10.7. The molecule has 0 saturated heterocycles. The summed E-state index contributed by atoms with van der Waals surface area (Å²) in [5, 5.41) is 35.3. The van der Waals surface area contributed by atoms with Gasteiger partial charge in [-0.1, -0.05) is 0 Å². The smallest absolute Gasteiger partial charge is 0.337 e. The molecule has 1 aromatic carbocycles. The van der Waals surface area contributed by atoms with Gasteiger partial charge in [-0.05, 0) is 18.2 Å². The van der Waals surface area contributed by atoms with E-state index in [0.717, 1.165) is 6.07 Å². The fraction of sp³-hybridized carbons (Fsp3) is 0.111. The highest BCUT2D eigenvalue weighted by atomic mass is 16.4. The number of aliphatic hydroxyl groups excluding tert-OH is 1. The molecule has 0 amide bonds. The SMILES string of the molecule is N#Cc1ccc(O)cc1C(O)C(=O)O. The molecular weight excluding hydrogens is 186 g/mol. The molecule has 0 aliphatic rings. The number of carbonyl (C=O) groups is 1. The van der Waals surface area contributed by atoms with E-state index in [9.17, 15) is 9.90 Å². The van der Waals surface area contributed by atoms with Crippen LogP contribution in [0.2, 0.25) is 0 Å². The van der Waals surface area contributed by atoms with E-state index in [-0.39, 0.29) is 16.9 Å². The Labute approximate surface area is 79.5 Å². The predicted octanol–water partition coefficient (Wildman–Crippen LogP) is 0.382. The van der Waals surface area contributed by atoms with Crippen molar-refractivity contribution in [3.63, 3.8) is 0 Å². The highest BCUT2D eigenvalue weighted by Crippen LogP contribution is 2.22. The summed E-state index contributed by atoms with van der Waals surface area (Å²) in [5.41, 5.74) is -0.0855.